The molecule has 0 spiro atoms. The average Bonchev–Trinajstić information content (AvgIpc) is 3.07. The minimum atomic E-state index is -1.03. The first-order valence-corrected chi connectivity index (χ1v) is 11.2. The molecule has 0 bridgehead atoms. The van der Waals surface area contributed by atoms with Gasteiger partial charge in [0.2, 0.25) is 0 Å². The summed E-state index contributed by atoms with van der Waals surface area (Å²) in [5.74, 6) is -0.479. The summed E-state index contributed by atoms with van der Waals surface area (Å²) in [7, 11) is 1.64. The number of halogens is 1. The van der Waals surface area contributed by atoms with Crippen molar-refractivity contribution in [2.24, 2.45) is 4.99 Å². The number of ether oxygens (including phenoxy) is 1. The third-order valence-corrected chi connectivity index (χ3v) is 6.13. The summed E-state index contributed by atoms with van der Waals surface area (Å²) in [4.78, 5) is 30.3. The zero-order chi connectivity index (χ0) is 23.4. The number of carbonyl (C=O) groups excluding carboxylic acids is 1. The van der Waals surface area contributed by atoms with E-state index in [4.69, 9.17) is 21.4 Å². The number of thioether (sulfide) groups is 1. The molecule has 3 aromatic rings. The fourth-order valence-electron chi connectivity index (χ4n) is 3.03. The Hall–Kier alpha value is -3.55. The standard InChI is InChI=1S/C25H19ClN2O4S/c1-28-23(29)22(33-25(28)27-20-4-2-3-18(14-20)24(30)31)13-16-7-11-21(12-8-16)32-15-17-5-9-19(26)10-6-17/h2-14H,15H2,1H3,(H,30,31). The van der Waals surface area contributed by atoms with Crippen LogP contribution in [0, 0.1) is 0 Å². The maximum atomic E-state index is 12.7. The Kier molecular flexibility index (Phi) is 6.82. The Labute approximate surface area is 200 Å². The number of aliphatic imine (C=N–C) groups is 1. The molecular formula is C25H19ClN2O4S. The number of hydrogen-bond donors (Lipinski definition) is 1. The van der Waals surface area contributed by atoms with E-state index in [0.717, 1.165) is 16.9 Å². The zero-order valence-electron chi connectivity index (χ0n) is 17.6. The van der Waals surface area contributed by atoms with E-state index in [0.29, 0.717) is 27.4 Å². The predicted octanol–water partition coefficient (Wildman–Crippen LogP) is 5.85. The van der Waals surface area contributed by atoms with Gasteiger partial charge in [-0.05, 0) is 71.4 Å². The summed E-state index contributed by atoms with van der Waals surface area (Å²) in [6, 6.07) is 21.2. The van der Waals surface area contributed by atoms with Crippen molar-refractivity contribution in [2.45, 2.75) is 6.61 Å². The van der Waals surface area contributed by atoms with Gasteiger partial charge in [-0.1, -0.05) is 41.9 Å². The largest absolute Gasteiger partial charge is 0.489 e. The van der Waals surface area contributed by atoms with Gasteiger partial charge in [-0.3, -0.25) is 9.69 Å². The Morgan fingerprint density at radius 1 is 1.12 bits per heavy atom. The number of likely N-dealkylation sites (N-methyl/N-ethyl adjacent to an activating group) is 1. The summed E-state index contributed by atoms with van der Waals surface area (Å²) < 4.78 is 5.80. The highest BCUT2D eigenvalue weighted by Crippen LogP contribution is 2.33. The monoisotopic (exact) mass is 478 g/mol. The van der Waals surface area contributed by atoms with Gasteiger partial charge in [0.1, 0.15) is 12.4 Å². The normalized spacial score (nSPS) is 15.9. The molecule has 1 N–H and O–H groups in total. The first-order valence-electron chi connectivity index (χ1n) is 9.96. The second kappa shape index (κ2) is 9.94. The second-order valence-electron chi connectivity index (χ2n) is 7.21. The van der Waals surface area contributed by atoms with Crippen LogP contribution in [0.1, 0.15) is 21.5 Å². The van der Waals surface area contributed by atoms with E-state index in [1.54, 1.807) is 25.3 Å². The molecule has 166 valence electrons. The van der Waals surface area contributed by atoms with E-state index in [1.165, 1.54) is 28.8 Å². The van der Waals surface area contributed by atoms with Crippen LogP contribution in [-0.2, 0) is 11.4 Å². The molecule has 0 aliphatic carbocycles. The van der Waals surface area contributed by atoms with Gasteiger partial charge < -0.3 is 9.84 Å². The van der Waals surface area contributed by atoms with Gasteiger partial charge in [0.05, 0.1) is 16.2 Å². The van der Waals surface area contributed by atoms with Crippen LogP contribution in [0.2, 0.25) is 5.02 Å². The van der Waals surface area contributed by atoms with E-state index in [9.17, 15) is 9.59 Å². The quantitative estimate of drug-likeness (QED) is 0.449. The van der Waals surface area contributed by atoms with Crippen molar-refractivity contribution in [3.05, 3.63) is 99.4 Å². The lowest BCUT2D eigenvalue weighted by atomic mass is 10.2. The Balaban J connectivity index is 1.45. The smallest absolute Gasteiger partial charge is 0.335 e. The number of rotatable bonds is 6. The van der Waals surface area contributed by atoms with Crippen molar-refractivity contribution < 1.29 is 19.4 Å². The predicted molar refractivity (Wildman–Crippen MR) is 131 cm³/mol. The maximum Gasteiger partial charge on any atom is 0.335 e. The molecule has 0 aromatic heterocycles. The number of nitrogens with zero attached hydrogens (tertiary/aromatic N) is 2. The molecule has 33 heavy (non-hydrogen) atoms. The number of hydrogen-bond acceptors (Lipinski definition) is 5. The molecule has 1 heterocycles. The molecule has 4 rings (SSSR count). The van der Waals surface area contributed by atoms with Crippen molar-refractivity contribution in [1.29, 1.82) is 0 Å². The number of carbonyl (C=O) groups is 2. The minimum Gasteiger partial charge on any atom is -0.489 e. The van der Waals surface area contributed by atoms with Crippen molar-refractivity contribution in [3.63, 3.8) is 0 Å². The van der Waals surface area contributed by atoms with Crippen LogP contribution in [0.5, 0.6) is 5.75 Å². The van der Waals surface area contributed by atoms with Crippen LogP contribution in [0.25, 0.3) is 6.08 Å². The summed E-state index contributed by atoms with van der Waals surface area (Å²) in [5.41, 5.74) is 2.48. The molecule has 0 radical (unpaired) electrons. The Bertz CT molecular complexity index is 1250. The molecule has 3 aromatic carbocycles. The number of aromatic carboxylic acids is 1. The van der Waals surface area contributed by atoms with Gasteiger partial charge in [0, 0.05) is 12.1 Å². The van der Waals surface area contributed by atoms with E-state index in [1.807, 2.05) is 48.5 Å². The lowest BCUT2D eigenvalue weighted by Gasteiger charge is -2.07. The molecule has 1 fully saturated rings. The SMILES string of the molecule is CN1C(=O)C(=Cc2ccc(OCc3ccc(Cl)cc3)cc2)SC1=Nc1cccc(C(=O)O)c1. The highest BCUT2D eigenvalue weighted by Gasteiger charge is 2.30. The van der Waals surface area contributed by atoms with Crippen LogP contribution >= 0.6 is 23.4 Å². The highest BCUT2D eigenvalue weighted by molar-refractivity contribution is 8.18. The van der Waals surface area contributed by atoms with E-state index < -0.39 is 5.97 Å². The highest BCUT2D eigenvalue weighted by atomic mass is 35.5. The average molecular weight is 479 g/mol. The van der Waals surface area contributed by atoms with Gasteiger partial charge in [-0.15, -0.1) is 0 Å². The van der Waals surface area contributed by atoms with Gasteiger partial charge in [-0.25, -0.2) is 9.79 Å². The van der Waals surface area contributed by atoms with Crippen molar-refractivity contribution >= 4 is 52.2 Å². The minimum absolute atomic E-state index is 0.142. The second-order valence-corrected chi connectivity index (χ2v) is 8.65. The van der Waals surface area contributed by atoms with E-state index in [2.05, 4.69) is 4.99 Å². The molecule has 1 saturated heterocycles. The van der Waals surface area contributed by atoms with Crippen LogP contribution in [0.3, 0.4) is 0 Å². The summed E-state index contributed by atoms with van der Waals surface area (Å²) in [6.07, 6.45) is 1.79. The molecule has 1 aliphatic heterocycles. The molecular weight excluding hydrogens is 460 g/mol. The van der Waals surface area contributed by atoms with Crippen molar-refractivity contribution in [3.8, 4) is 5.75 Å². The fourth-order valence-corrected chi connectivity index (χ4v) is 4.14. The number of amidine groups is 1. The molecule has 0 saturated carbocycles. The Morgan fingerprint density at radius 3 is 2.55 bits per heavy atom. The molecule has 1 aliphatic rings. The maximum absolute atomic E-state index is 12.7. The molecule has 6 nitrogen and oxygen atoms in total. The van der Waals surface area contributed by atoms with Gasteiger partial charge in [-0.2, -0.15) is 0 Å². The van der Waals surface area contributed by atoms with Gasteiger partial charge >= 0.3 is 5.97 Å². The lowest BCUT2D eigenvalue weighted by Crippen LogP contribution is -2.23. The Morgan fingerprint density at radius 2 is 1.85 bits per heavy atom. The van der Waals surface area contributed by atoms with Crippen molar-refractivity contribution in [2.75, 3.05) is 7.05 Å². The molecule has 1 amide bonds. The van der Waals surface area contributed by atoms with Crippen LogP contribution in [0.4, 0.5) is 5.69 Å². The van der Waals surface area contributed by atoms with E-state index in [-0.39, 0.29) is 11.5 Å². The van der Waals surface area contributed by atoms with Crippen LogP contribution in [-0.4, -0.2) is 34.1 Å². The fraction of sp³-hybridized carbons (Fsp3) is 0.0800. The summed E-state index contributed by atoms with van der Waals surface area (Å²) >= 11 is 7.14. The summed E-state index contributed by atoms with van der Waals surface area (Å²) in [5, 5.41) is 10.3. The van der Waals surface area contributed by atoms with Crippen molar-refractivity contribution in [1.82, 2.24) is 4.90 Å². The number of carboxylic acid groups (broad SMARTS) is 1. The zero-order valence-corrected chi connectivity index (χ0v) is 19.1. The van der Waals surface area contributed by atoms with E-state index >= 15 is 0 Å². The number of amides is 1. The molecule has 0 unspecified atom stereocenters. The topological polar surface area (TPSA) is 79.2 Å². The lowest BCUT2D eigenvalue weighted by molar-refractivity contribution is -0.121. The van der Waals surface area contributed by atoms with Gasteiger partial charge in [0.15, 0.2) is 5.17 Å². The van der Waals surface area contributed by atoms with Crippen LogP contribution < -0.4 is 4.74 Å². The molecule has 8 heteroatoms. The van der Waals surface area contributed by atoms with Crippen LogP contribution in [0.15, 0.2) is 82.7 Å². The molecule has 0 atom stereocenters. The number of benzene rings is 3. The first kappa shape index (κ1) is 22.6. The van der Waals surface area contributed by atoms with Gasteiger partial charge in [0.25, 0.3) is 5.91 Å². The third kappa shape index (κ3) is 5.63. The third-order valence-electron chi connectivity index (χ3n) is 4.82. The number of carboxylic acids is 1. The summed E-state index contributed by atoms with van der Waals surface area (Å²) in [6.45, 7) is 0.430. The first-order chi connectivity index (χ1) is 15.9.